The molecule has 2 aliphatic rings. The van der Waals surface area contributed by atoms with E-state index in [2.05, 4.69) is 34.8 Å². The Balaban J connectivity index is 1.45. The summed E-state index contributed by atoms with van der Waals surface area (Å²) >= 11 is 0. The first-order valence-corrected chi connectivity index (χ1v) is 10.5. The fourth-order valence-electron chi connectivity index (χ4n) is 4.21. The number of amides is 1. The number of carbonyl (C=O) groups is 1. The molecule has 0 atom stereocenters. The van der Waals surface area contributed by atoms with E-state index in [0.717, 1.165) is 55.2 Å². The molecule has 6 nitrogen and oxygen atoms in total. The molecule has 2 aliphatic heterocycles. The molecule has 4 rings (SSSR count). The van der Waals surface area contributed by atoms with Crippen molar-refractivity contribution in [1.29, 1.82) is 0 Å². The van der Waals surface area contributed by atoms with Crippen LogP contribution in [-0.2, 0) is 17.9 Å². The first-order valence-electron chi connectivity index (χ1n) is 10.5. The average molecular weight is 395 g/mol. The van der Waals surface area contributed by atoms with Gasteiger partial charge in [-0.3, -0.25) is 9.69 Å². The van der Waals surface area contributed by atoms with Gasteiger partial charge in [-0.2, -0.15) is 0 Å². The summed E-state index contributed by atoms with van der Waals surface area (Å²) in [7, 11) is 0. The highest BCUT2D eigenvalue weighted by atomic mass is 16.5. The number of nitrogens with zero attached hydrogens (tertiary/aromatic N) is 4. The van der Waals surface area contributed by atoms with E-state index in [9.17, 15) is 4.79 Å². The van der Waals surface area contributed by atoms with Crippen LogP contribution in [0, 0.1) is 0 Å². The van der Waals surface area contributed by atoms with E-state index >= 15 is 0 Å². The number of benzene rings is 1. The minimum absolute atomic E-state index is 0.106. The van der Waals surface area contributed by atoms with Gasteiger partial charge in [0.2, 0.25) is 5.91 Å². The minimum Gasteiger partial charge on any atom is -0.485 e. The van der Waals surface area contributed by atoms with Crippen LogP contribution >= 0.6 is 0 Å². The Hall–Kier alpha value is -2.47. The van der Waals surface area contributed by atoms with Gasteiger partial charge in [-0.1, -0.05) is 32.0 Å². The second-order valence-electron chi connectivity index (χ2n) is 8.65. The zero-order valence-corrected chi connectivity index (χ0v) is 17.6. The van der Waals surface area contributed by atoms with Gasteiger partial charge in [-0.05, 0) is 6.07 Å². The Morgan fingerprint density at radius 2 is 1.86 bits per heavy atom. The van der Waals surface area contributed by atoms with Gasteiger partial charge in [-0.15, -0.1) is 0 Å². The molecule has 1 spiro atoms. The van der Waals surface area contributed by atoms with Gasteiger partial charge in [0.1, 0.15) is 17.2 Å². The van der Waals surface area contributed by atoms with E-state index in [1.807, 2.05) is 35.5 Å². The zero-order chi connectivity index (χ0) is 20.4. The highest BCUT2D eigenvalue weighted by molar-refractivity contribution is 5.73. The van der Waals surface area contributed by atoms with Gasteiger partial charge in [-0.25, -0.2) is 9.97 Å². The molecule has 3 heterocycles. The Labute approximate surface area is 172 Å². The number of fused-ring (bicyclic) bond motifs is 1. The van der Waals surface area contributed by atoms with Crippen LogP contribution < -0.4 is 4.74 Å². The molecule has 1 aromatic heterocycles. The lowest BCUT2D eigenvalue weighted by Gasteiger charge is -2.42. The van der Waals surface area contributed by atoms with E-state index in [-0.39, 0.29) is 11.5 Å². The predicted molar refractivity (Wildman–Crippen MR) is 112 cm³/mol. The van der Waals surface area contributed by atoms with E-state index < -0.39 is 0 Å². The van der Waals surface area contributed by atoms with E-state index in [1.54, 1.807) is 6.92 Å². The Bertz CT molecular complexity index is 857. The van der Waals surface area contributed by atoms with Crippen LogP contribution in [0.1, 0.15) is 56.5 Å². The quantitative estimate of drug-likeness (QED) is 0.799. The number of likely N-dealkylation sites (tertiary alicyclic amines) is 1. The first kappa shape index (κ1) is 19.8. The minimum atomic E-state index is -0.313. The second-order valence-corrected chi connectivity index (χ2v) is 8.65. The van der Waals surface area contributed by atoms with Crippen molar-refractivity contribution < 1.29 is 9.53 Å². The van der Waals surface area contributed by atoms with Crippen LogP contribution in [-0.4, -0.2) is 50.9 Å². The summed E-state index contributed by atoms with van der Waals surface area (Å²) in [5.74, 6) is 2.26. The van der Waals surface area contributed by atoms with Crippen molar-refractivity contribution in [2.24, 2.45) is 0 Å². The first-order chi connectivity index (χ1) is 13.9. The summed E-state index contributed by atoms with van der Waals surface area (Å²) in [5, 5.41) is 0. The van der Waals surface area contributed by atoms with Gasteiger partial charge in [0, 0.05) is 75.4 Å². The van der Waals surface area contributed by atoms with Crippen molar-refractivity contribution >= 4 is 5.91 Å². The molecule has 0 N–H and O–H groups in total. The highest BCUT2D eigenvalue weighted by Crippen LogP contribution is 2.35. The summed E-state index contributed by atoms with van der Waals surface area (Å²) in [4.78, 5) is 25.5. The maximum Gasteiger partial charge on any atom is 0.219 e. The Morgan fingerprint density at radius 1 is 1.17 bits per heavy atom. The van der Waals surface area contributed by atoms with Crippen LogP contribution in [0.5, 0.6) is 5.75 Å². The van der Waals surface area contributed by atoms with Crippen LogP contribution in [0.25, 0.3) is 0 Å². The average Bonchev–Trinajstić information content (AvgIpc) is 2.87. The van der Waals surface area contributed by atoms with Crippen molar-refractivity contribution in [3.8, 4) is 5.75 Å². The highest BCUT2D eigenvalue weighted by Gasteiger charge is 2.41. The zero-order valence-electron chi connectivity index (χ0n) is 17.6. The fourth-order valence-corrected chi connectivity index (χ4v) is 4.21. The van der Waals surface area contributed by atoms with Gasteiger partial charge >= 0.3 is 0 Å². The SMILES string of the molecule is CC(=O)N1Cc2ccccc2OC2(CCN(Cc3cnc(C(C)C)nc3)CC2)C1. The molecule has 0 unspecified atom stereocenters. The number of piperidine rings is 1. The molecular weight excluding hydrogens is 364 g/mol. The summed E-state index contributed by atoms with van der Waals surface area (Å²) in [6.07, 6.45) is 5.69. The largest absolute Gasteiger partial charge is 0.485 e. The van der Waals surface area contributed by atoms with Crippen LogP contribution in [0.3, 0.4) is 0 Å². The Morgan fingerprint density at radius 3 is 2.52 bits per heavy atom. The maximum absolute atomic E-state index is 12.2. The normalized spacial score (nSPS) is 19.0. The lowest BCUT2D eigenvalue weighted by Crippen LogP contribution is -2.53. The number of hydrogen-bond donors (Lipinski definition) is 0. The van der Waals surface area contributed by atoms with E-state index in [0.29, 0.717) is 19.0 Å². The van der Waals surface area contributed by atoms with Gasteiger partial charge in [0.05, 0.1) is 6.54 Å². The summed E-state index contributed by atoms with van der Waals surface area (Å²) in [6, 6.07) is 8.10. The molecule has 1 saturated heterocycles. The molecule has 6 heteroatoms. The van der Waals surface area contributed by atoms with Crippen molar-refractivity contribution in [2.45, 2.75) is 58.2 Å². The summed E-state index contributed by atoms with van der Waals surface area (Å²) in [5.41, 5.74) is 1.92. The van der Waals surface area contributed by atoms with Crippen molar-refractivity contribution in [1.82, 2.24) is 19.8 Å². The number of aromatic nitrogens is 2. The smallest absolute Gasteiger partial charge is 0.219 e. The van der Waals surface area contributed by atoms with Crippen LogP contribution in [0.2, 0.25) is 0 Å². The molecule has 1 fully saturated rings. The van der Waals surface area contributed by atoms with Crippen LogP contribution in [0.4, 0.5) is 0 Å². The molecule has 1 aromatic carbocycles. The lowest BCUT2D eigenvalue weighted by molar-refractivity contribution is -0.132. The van der Waals surface area contributed by atoms with Gasteiger partial charge in [0.25, 0.3) is 0 Å². The topological polar surface area (TPSA) is 58.6 Å². The summed E-state index contributed by atoms with van der Waals surface area (Å²) < 4.78 is 6.56. The van der Waals surface area contributed by atoms with E-state index in [1.165, 1.54) is 0 Å². The molecule has 2 aromatic rings. The number of rotatable bonds is 3. The second kappa shape index (κ2) is 8.11. The van der Waals surface area contributed by atoms with Crippen molar-refractivity contribution in [3.63, 3.8) is 0 Å². The third-order valence-corrected chi connectivity index (χ3v) is 6.00. The standard InChI is InChI=1S/C23H30N4O2/c1-17(2)22-24-12-19(13-25-22)14-26-10-8-23(9-11-26)16-27(18(3)28)15-20-6-4-5-7-21(20)29-23/h4-7,12-13,17H,8-11,14-16H2,1-3H3. The molecule has 1 amide bonds. The molecular formula is C23H30N4O2. The summed E-state index contributed by atoms with van der Waals surface area (Å²) in [6.45, 7) is 9.84. The number of para-hydroxylation sites is 1. The van der Waals surface area contributed by atoms with E-state index in [4.69, 9.17) is 4.74 Å². The molecule has 154 valence electrons. The van der Waals surface area contributed by atoms with Gasteiger partial charge < -0.3 is 9.64 Å². The number of carbonyl (C=O) groups excluding carboxylic acids is 1. The lowest BCUT2D eigenvalue weighted by atomic mass is 9.90. The Kier molecular flexibility index (Phi) is 5.54. The van der Waals surface area contributed by atoms with Crippen LogP contribution in [0.15, 0.2) is 36.7 Å². The molecule has 0 bridgehead atoms. The monoisotopic (exact) mass is 394 g/mol. The fraction of sp³-hybridized carbons (Fsp3) is 0.522. The molecule has 0 aliphatic carbocycles. The molecule has 0 saturated carbocycles. The number of hydrogen-bond acceptors (Lipinski definition) is 5. The predicted octanol–water partition coefficient (Wildman–Crippen LogP) is 3.38. The van der Waals surface area contributed by atoms with Crippen molar-refractivity contribution in [2.75, 3.05) is 19.6 Å². The third-order valence-electron chi connectivity index (χ3n) is 6.00. The van der Waals surface area contributed by atoms with Crippen molar-refractivity contribution in [3.05, 3.63) is 53.6 Å². The molecule has 29 heavy (non-hydrogen) atoms. The maximum atomic E-state index is 12.2. The molecule has 0 radical (unpaired) electrons. The number of ether oxygens (including phenoxy) is 1. The van der Waals surface area contributed by atoms with Gasteiger partial charge in [0.15, 0.2) is 0 Å². The third kappa shape index (κ3) is 4.42.